The quantitative estimate of drug-likeness (QED) is 0.668. The molecule has 0 N–H and O–H groups in total. The summed E-state index contributed by atoms with van der Waals surface area (Å²) in [5.74, 6) is 0.710. The van der Waals surface area contributed by atoms with E-state index in [1.165, 1.54) is 18.5 Å². The Morgan fingerprint density at radius 2 is 2.06 bits per heavy atom. The molecule has 0 aliphatic rings. The fraction of sp³-hybridized carbons (Fsp3) is 0.769. The van der Waals surface area contributed by atoms with Gasteiger partial charge in [0.1, 0.15) is 0 Å². The average Bonchev–Trinajstić information content (AvgIpc) is 2.73. The molecule has 0 saturated heterocycles. The van der Waals surface area contributed by atoms with Gasteiger partial charge in [-0.05, 0) is 18.9 Å². The Balaban J connectivity index is 2.52. The van der Waals surface area contributed by atoms with E-state index in [4.69, 9.17) is 11.6 Å². The van der Waals surface area contributed by atoms with Crippen molar-refractivity contribution in [1.29, 1.82) is 0 Å². The predicted octanol–water partition coefficient (Wildman–Crippen LogP) is 2.69. The van der Waals surface area contributed by atoms with E-state index < -0.39 is 0 Å². The maximum absolute atomic E-state index is 5.89. The summed E-state index contributed by atoms with van der Waals surface area (Å²) < 4.78 is 1.95. The SMILES string of the molecule is CCC(CC)N(CCCl)CCc1ccnn1C. The van der Waals surface area contributed by atoms with Gasteiger partial charge in [-0.2, -0.15) is 5.10 Å². The molecule has 4 heteroatoms. The van der Waals surface area contributed by atoms with Gasteiger partial charge in [-0.3, -0.25) is 9.58 Å². The van der Waals surface area contributed by atoms with E-state index in [2.05, 4.69) is 29.9 Å². The third-order valence-electron chi connectivity index (χ3n) is 3.41. The van der Waals surface area contributed by atoms with Crippen LogP contribution in [0.2, 0.25) is 0 Å². The number of aromatic nitrogens is 2. The summed E-state index contributed by atoms with van der Waals surface area (Å²) in [7, 11) is 2.00. The zero-order chi connectivity index (χ0) is 12.7. The van der Waals surface area contributed by atoms with Crippen LogP contribution < -0.4 is 0 Å². The summed E-state index contributed by atoms with van der Waals surface area (Å²) in [6.07, 6.45) is 5.29. The van der Waals surface area contributed by atoms with E-state index in [-0.39, 0.29) is 0 Å². The molecule has 0 bridgehead atoms. The van der Waals surface area contributed by atoms with Gasteiger partial charge in [0.2, 0.25) is 0 Å². The van der Waals surface area contributed by atoms with Crippen molar-refractivity contribution >= 4 is 11.6 Å². The molecule has 0 aliphatic heterocycles. The maximum Gasteiger partial charge on any atom is 0.0492 e. The molecule has 0 aliphatic carbocycles. The molecule has 0 radical (unpaired) electrons. The lowest BCUT2D eigenvalue weighted by molar-refractivity contribution is 0.198. The first-order valence-corrected chi connectivity index (χ1v) is 7.03. The fourth-order valence-corrected chi connectivity index (χ4v) is 2.51. The van der Waals surface area contributed by atoms with Crippen LogP contribution in [0.4, 0.5) is 0 Å². The monoisotopic (exact) mass is 257 g/mol. The molecule has 1 rings (SSSR count). The summed E-state index contributed by atoms with van der Waals surface area (Å²) >= 11 is 5.89. The van der Waals surface area contributed by atoms with Crippen LogP contribution in [-0.2, 0) is 13.5 Å². The van der Waals surface area contributed by atoms with Gasteiger partial charge in [0.15, 0.2) is 0 Å². The summed E-state index contributed by atoms with van der Waals surface area (Å²) in [4.78, 5) is 2.50. The molecule has 0 unspecified atom stereocenters. The van der Waals surface area contributed by atoms with Crippen LogP contribution in [0.25, 0.3) is 0 Å². The molecular formula is C13H24ClN3. The molecule has 0 atom stereocenters. The van der Waals surface area contributed by atoms with Crippen molar-refractivity contribution < 1.29 is 0 Å². The molecule has 17 heavy (non-hydrogen) atoms. The van der Waals surface area contributed by atoms with Crippen LogP contribution in [0.15, 0.2) is 12.3 Å². The van der Waals surface area contributed by atoms with Crippen LogP contribution in [0.1, 0.15) is 32.4 Å². The Labute approximate surface area is 110 Å². The number of hydrogen-bond donors (Lipinski definition) is 0. The average molecular weight is 258 g/mol. The van der Waals surface area contributed by atoms with Crippen LogP contribution >= 0.6 is 11.6 Å². The molecule has 0 spiro atoms. The van der Waals surface area contributed by atoms with Crippen LogP contribution in [0.3, 0.4) is 0 Å². The highest BCUT2D eigenvalue weighted by molar-refractivity contribution is 6.18. The maximum atomic E-state index is 5.89. The van der Waals surface area contributed by atoms with E-state index >= 15 is 0 Å². The zero-order valence-electron chi connectivity index (χ0n) is 11.2. The second-order valence-electron chi connectivity index (χ2n) is 4.39. The Kier molecular flexibility index (Phi) is 6.60. The van der Waals surface area contributed by atoms with Crippen molar-refractivity contribution in [3.63, 3.8) is 0 Å². The number of hydrogen-bond acceptors (Lipinski definition) is 2. The predicted molar refractivity (Wildman–Crippen MR) is 73.6 cm³/mol. The lowest BCUT2D eigenvalue weighted by Crippen LogP contribution is -2.37. The second-order valence-corrected chi connectivity index (χ2v) is 4.77. The number of alkyl halides is 1. The Hall–Kier alpha value is -0.540. The third-order valence-corrected chi connectivity index (χ3v) is 3.58. The summed E-state index contributed by atoms with van der Waals surface area (Å²) in [5.41, 5.74) is 1.29. The molecule has 1 heterocycles. The summed E-state index contributed by atoms with van der Waals surface area (Å²) in [5, 5.41) is 4.20. The molecule has 0 fully saturated rings. The molecule has 3 nitrogen and oxygen atoms in total. The van der Waals surface area contributed by atoms with Gasteiger partial charge in [-0.1, -0.05) is 13.8 Å². The van der Waals surface area contributed by atoms with Crippen LogP contribution in [0.5, 0.6) is 0 Å². The molecule has 0 saturated carbocycles. The topological polar surface area (TPSA) is 21.1 Å². The van der Waals surface area contributed by atoms with E-state index in [0.717, 1.165) is 19.5 Å². The smallest absolute Gasteiger partial charge is 0.0492 e. The van der Waals surface area contributed by atoms with Gasteiger partial charge in [0.05, 0.1) is 0 Å². The molecular weight excluding hydrogens is 234 g/mol. The second kappa shape index (κ2) is 7.72. The Morgan fingerprint density at radius 1 is 1.35 bits per heavy atom. The lowest BCUT2D eigenvalue weighted by Gasteiger charge is -2.29. The molecule has 1 aromatic heterocycles. The first-order chi connectivity index (χ1) is 8.22. The first kappa shape index (κ1) is 14.5. The van der Waals surface area contributed by atoms with Crippen molar-refractivity contribution in [1.82, 2.24) is 14.7 Å². The highest BCUT2D eigenvalue weighted by atomic mass is 35.5. The van der Waals surface area contributed by atoms with Gasteiger partial charge in [-0.25, -0.2) is 0 Å². The Morgan fingerprint density at radius 3 is 2.53 bits per heavy atom. The molecule has 98 valence electrons. The molecule has 0 aromatic carbocycles. The number of rotatable bonds is 8. The normalized spacial score (nSPS) is 11.6. The van der Waals surface area contributed by atoms with Gasteiger partial charge in [-0.15, -0.1) is 11.6 Å². The van der Waals surface area contributed by atoms with Crippen molar-refractivity contribution in [3.8, 4) is 0 Å². The minimum atomic E-state index is 0.655. The van der Waals surface area contributed by atoms with E-state index in [9.17, 15) is 0 Å². The summed E-state index contributed by atoms with van der Waals surface area (Å²) in [6, 6.07) is 2.74. The zero-order valence-corrected chi connectivity index (χ0v) is 12.0. The number of aryl methyl sites for hydroxylation is 1. The minimum absolute atomic E-state index is 0.655. The van der Waals surface area contributed by atoms with Crippen molar-refractivity contribution in [2.45, 2.75) is 39.2 Å². The molecule has 1 aromatic rings. The molecule has 0 amide bonds. The standard InChI is InChI=1S/C13H24ClN3/c1-4-12(5-2)17(11-8-14)10-7-13-6-9-15-16(13)3/h6,9,12H,4-5,7-8,10-11H2,1-3H3. The van der Waals surface area contributed by atoms with Crippen molar-refractivity contribution in [2.24, 2.45) is 7.05 Å². The number of nitrogens with zero attached hydrogens (tertiary/aromatic N) is 3. The van der Waals surface area contributed by atoms with Gasteiger partial charge in [0, 0.05) is 50.4 Å². The van der Waals surface area contributed by atoms with E-state index in [1.807, 2.05) is 17.9 Å². The third kappa shape index (κ3) is 4.32. The van der Waals surface area contributed by atoms with Crippen molar-refractivity contribution in [2.75, 3.05) is 19.0 Å². The Bertz CT molecular complexity index is 307. The fourth-order valence-electron chi connectivity index (χ4n) is 2.30. The van der Waals surface area contributed by atoms with Gasteiger partial charge in [0.25, 0.3) is 0 Å². The van der Waals surface area contributed by atoms with Gasteiger partial charge >= 0.3 is 0 Å². The highest BCUT2D eigenvalue weighted by Crippen LogP contribution is 2.10. The number of halogens is 1. The minimum Gasteiger partial charge on any atom is -0.299 e. The van der Waals surface area contributed by atoms with E-state index in [0.29, 0.717) is 11.9 Å². The van der Waals surface area contributed by atoms with Crippen molar-refractivity contribution in [3.05, 3.63) is 18.0 Å². The van der Waals surface area contributed by atoms with Gasteiger partial charge < -0.3 is 0 Å². The summed E-state index contributed by atoms with van der Waals surface area (Å²) in [6.45, 7) is 6.54. The first-order valence-electron chi connectivity index (χ1n) is 6.49. The highest BCUT2D eigenvalue weighted by Gasteiger charge is 2.14. The lowest BCUT2D eigenvalue weighted by atomic mass is 10.1. The van der Waals surface area contributed by atoms with Crippen LogP contribution in [0, 0.1) is 0 Å². The van der Waals surface area contributed by atoms with Crippen LogP contribution in [-0.4, -0.2) is 39.7 Å². The van der Waals surface area contributed by atoms with E-state index in [1.54, 1.807) is 0 Å². The largest absolute Gasteiger partial charge is 0.299 e.